The molecule has 0 aromatic carbocycles. The molecule has 0 aromatic heterocycles. The third-order valence-corrected chi connectivity index (χ3v) is 3.22. The second-order valence-corrected chi connectivity index (χ2v) is 4.04. The van der Waals surface area contributed by atoms with Gasteiger partial charge in [0, 0.05) is 5.41 Å². The molecule has 0 radical (unpaired) electrons. The standard InChI is InChI=1S/C11H16/c1-3-5-11-6-4-10(8-11)7-9(11)2/h4,6,10H,2-3,5,7-8H2,1H3. The van der Waals surface area contributed by atoms with Crippen LogP contribution in [0.15, 0.2) is 24.3 Å². The molecule has 0 amide bonds. The molecular formula is C11H16. The number of hydrogen-bond donors (Lipinski definition) is 0. The van der Waals surface area contributed by atoms with Gasteiger partial charge in [-0.25, -0.2) is 0 Å². The van der Waals surface area contributed by atoms with Gasteiger partial charge in [0.05, 0.1) is 0 Å². The van der Waals surface area contributed by atoms with Crippen molar-refractivity contribution in [3.63, 3.8) is 0 Å². The van der Waals surface area contributed by atoms with Crippen LogP contribution in [0.1, 0.15) is 32.6 Å². The molecule has 0 N–H and O–H groups in total. The molecular weight excluding hydrogens is 132 g/mol. The normalized spacial score (nSPS) is 40.5. The highest BCUT2D eigenvalue weighted by atomic mass is 14.5. The lowest BCUT2D eigenvalue weighted by atomic mass is 9.80. The lowest BCUT2D eigenvalue weighted by Crippen LogP contribution is -2.12. The maximum atomic E-state index is 4.18. The molecule has 2 aliphatic rings. The monoisotopic (exact) mass is 148 g/mol. The Kier molecular flexibility index (Phi) is 1.45. The predicted octanol–water partition coefficient (Wildman–Crippen LogP) is 3.31. The van der Waals surface area contributed by atoms with E-state index >= 15 is 0 Å². The van der Waals surface area contributed by atoms with Crippen molar-refractivity contribution >= 4 is 0 Å². The van der Waals surface area contributed by atoms with Crippen LogP contribution in [-0.2, 0) is 0 Å². The smallest absolute Gasteiger partial charge is 0.00939 e. The van der Waals surface area contributed by atoms with E-state index in [4.69, 9.17) is 0 Å². The molecule has 2 aliphatic carbocycles. The van der Waals surface area contributed by atoms with Crippen LogP contribution in [0.25, 0.3) is 0 Å². The minimum Gasteiger partial charge on any atom is -0.0990 e. The van der Waals surface area contributed by atoms with Crippen molar-refractivity contribution in [2.24, 2.45) is 11.3 Å². The summed E-state index contributed by atoms with van der Waals surface area (Å²) in [6.45, 7) is 6.44. The van der Waals surface area contributed by atoms with E-state index < -0.39 is 0 Å². The molecule has 0 aromatic rings. The van der Waals surface area contributed by atoms with E-state index in [9.17, 15) is 0 Å². The molecule has 2 unspecified atom stereocenters. The summed E-state index contributed by atoms with van der Waals surface area (Å²) in [5.74, 6) is 0.842. The highest BCUT2D eigenvalue weighted by Crippen LogP contribution is 2.54. The minimum absolute atomic E-state index is 0.444. The highest BCUT2D eigenvalue weighted by Gasteiger charge is 2.42. The van der Waals surface area contributed by atoms with Gasteiger partial charge in [0.1, 0.15) is 0 Å². The number of fused-ring (bicyclic) bond motifs is 2. The second kappa shape index (κ2) is 2.23. The lowest BCUT2D eigenvalue weighted by molar-refractivity contribution is 0.433. The van der Waals surface area contributed by atoms with Crippen LogP contribution in [0, 0.1) is 11.3 Å². The Balaban J connectivity index is 2.23. The van der Waals surface area contributed by atoms with Gasteiger partial charge in [0.2, 0.25) is 0 Å². The first kappa shape index (κ1) is 7.15. The Morgan fingerprint density at radius 1 is 1.73 bits per heavy atom. The molecule has 0 heteroatoms. The van der Waals surface area contributed by atoms with Crippen molar-refractivity contribution in [2.45, 2.75) is 32.6 Å². The zero-order chi connectivity index (χ0) is 7.90. The average molecular weight is 148 g/mol. The van der Waals surface area contributed by atoms with Crippen molar-refractivity contribution in [3.8, 4) is 0 Å². The number of rotatable bonds is 2. The quantitative estimate of drug-likeness (QED) is 0.527. The Bertz CT molecular complexity index is 212. The molecule has 0 nitrogen and oxygen atoms in total. The lowest BCUT2D eigenvalue weighted by Gasteiger charge is -2.24. The molecule has 1 fully saturated rings. The van der Waals surface area contributed by atoms with Crippen LogP contribution >= 0.6 is 0 Å². The molecule has 2 atom stereocenters. The first-order valence-corrected chi connectivity index (χ1v) is 4.64. The predicted molar refractivity (Wildman–Crippen MR) is 48.3 cm³/mol. The summed E-state index contributed by atoms with van der Waals surface area (Å²) < 4.78 is 0. The molecule has 0 heterocycles. The molecule has 2 bridgehead atoms. The van der Waals surface area contributed by atoms with Crippen LogP contribution in [0.4, 0.5) is 0 Å². The molecule has 0 saturated heterocycles. The van der Waals surface area contributed by atoms with E-state index in [0.717, 1.165) is 5.92 Å². The van der Waals surface area contributed by atoms with Crippen molar-refractivity contribution in [2.75, 3.05) is 0 Å². The molecule has 1 saturated carbocycles. The zero-order valence-electron chi connectivity index (χ0n) is 7.27. The molecule has 2 rings (SSSR count). The minimum atomic E-state index is 0.444. The van der Waals surface area contributed by atoms with Crippen LogP contribution < -0.4 is 0 Å². The zero-order valence-corrected chi connectivity index (χ0v) is 7.27. The number of allylic oxidation sites excluding steroid dienone is 3. The van der Waals surface area contributed by atoms with E-state index in [0.29, 0.717) is 5.41 Å². The van der Waals surface area contributed by atoms with Gasteiger partial charge in [-0.3, -0.25) is 0 Å². The van der Waals surface area contributed by atoms with E-state index in [-0.39, 0.29) is 0 Å². The summed E-state index contributed by atoms with van der Waals surface area (Å²) >= 11 is 0. The average Bonchev–Trinajstić information content (AvgIpc) is 2.45. The summed E-state index contributed by atoms with van der Waals surface area (Å²) in [6, 6.07) is 0. The van der Waals surface area contributed by atoms with Crippen molar-refractivity contribution < 1.29 is 0 Å². The van der Waals surface area contributed by atoms with Gasteiger partial charge < -0.3 is 0 Å². The van der Waals surface area contributed by atoms with Crippen LogP contribution in [0.3, 0.4) is 0 Å². The van der Waals surface area contributed by atoms with Crippen molar-refractivity contribution in [3.05, 3.63) is 24.3 Å². The fourth-order valence-corrected chi connectivity index (χ4v) is 2.65. The van der Waals surface area contributed by atoms with Gasteiger partial charge in [-0.1, -0.05) is 37.6 Å². The molecule has 60 valence electrons. The SMILES string of the molecule is C=C1CC2C=CC1(CCC)C2. The van der Waals surface area contributed by atoms with Gasteiger partial charge in [-0.15, -0.1) is 0 Å². The molecule has 0 spiro atoms. The van der Waals surface area contributed by atoms with Gasteiger partial charge in [0.15, 0.2) is 0 Å². The number of hydrogen-bond acceptors (Lipinski definition) is 0. The maximum absolute atomic E-state index is 4.18. The maximum Gasteiger partial charge on any atom is 0.00939 e. The van der Waals surface area contributed by atoms with Crippen LogP contribution in [0.2, 0.25) is 0 Å². The molecule has 0 aliphatic heterocycles. The summed E-state index contributed by atoms with van der Waals surface area (Å²) in [6.07, 6.45) is 10.0. The first-order valence-electron chi connectivity index (χ1n) is 4.64. The Morgan fingerprint density at radius 2 is 2.55 bits per heavy atom. The largest absolute Gasteiger partial charge is 0.0990 e. The van der Waals surface area contributed by atoms with E-state index in [1.807, 2.05) is 0 Å². The van der Waals surface area contributed by atoms with E-state index in [2.05, 4.69) is 25.7 Å². The molecule has 11 heavy (non-hydrogen) atoms. The fraction of sp³-hybridized carbons (Fsp3) is 0.636. The Labute approximate surface area is 69.0 Å². The summed E-state index contributed by atoms with van der Waals surface area (Å²) in [7, 11) is 0. The first-order chi connectivity index (χ1) is 5.27. The van der Waals surface area contributed by atoms with Crippen LogP contribution in [0.5, 0.6) is 0 Å². The summed E-state index contributed by atoms with van der Waals surface area (Å²) in [4.78, 5) is 0. The summed E-state index contributed by atoms with van der Waals surface area (Å²) in [5.41, 5.74) is 1.94. The van der Waals surface area contributed by atoms with Gasteiger partial charge in [-0.2, -0.15) is 0 Å². The fourth-order valence-electron chi connectivity index (χ4n) is 2.65. The van der Waals surface area contributed by atoms with Gasteiger partial charge in [0.25, 0.3) is 0 Å². The Hall–Kier alpha value is -0.520. The summed E-state index contributed by atoms with van der Waals surface area (Å²) in [5, 5.41) is 0. The third kappa shape index (κ3) is 0.885. The third-order valence-electron chi connectivity index (χ3n) is 3.22. The van der Waals surface area contributed by atoms with Crippen molar-refractivity contribution in [1.82, 2.24) is 0 Å². The van der Waals surface area contributed by atoms with E-state index in [1.54, 1.807) is 0 Å². The Morgan fingerprint density at radius 3 is 3.00 bits per heavy atom. The topological polar surface area (TPSA) is 0 Å². The highest BCUT2D eigenvalue weighted by molar-refractivity contribution is 5.32. The van der Waals surface area contributed by atoms with Crippen LogP contribution in [-0.4, -0.2) is 0 Å². The van der Waals surface area contributed by atoms with Gasteiger partial charge >= 0.3 is 0 Å². The second-order valence-electron chi connectivity index (χ2n) is 4.04. The van der Waals surface area contributed by atoms with E-state index in [1.165, 1.54) is 31.3 Å². The van der Waals surface area contributed by atoms with Crippen molar-refractivity contribution in [1.29, 1.82) is 0 Å². The van der Waals surface area contributed by atoms with Gasteiger partial charge in [-0.05, 0) is 25.2 Å².